The van der Waals surface area contributed by atoms with Gasteiger partial charge in [0.15, 0.2) is 0 Å². The number of fused-ring (bicyclic) bond motifs is 1. The zero-order chi connectivity index (χ0) is 15.1. The van der Waals surface area contributed by atoms with Crippen LogP contribution in [0.15, 0.2) is 24.3 Å². The van der Waals surface area contributed by atoms with Gasteiger partial charge in [-0.3, -0.25) is 10.1 Å². The van der Waals surface area contributed by atoms with E-state index in [-0.39, 0.29) is 5.91 Å². The summed E-state index contributed by atoms with van der Waals surface area (Å²) in [6, 6.07) is 8.11. The Morgan fingerprint density at radius 1 is 1.29 bits per heavy atom. The third-order valence-electron chi connectivity index (χ3n) is 4.65. The van der Waals surface area contributed by atoms with E-state index in [0.29, 0.717) is 12.5 Å². The Bertz CT molecular complexity index is 549. The van der Waals surface area contributed by atoms with E-state index in [4.69, 9.17) is 10.5 Å². The fraction of sp³-hybridized carbons (Fsp3) is 0.588. The van der Waals surface area contributed by atoms with Crippen LogP contribution in [0.1, 0.15) is 51.5 Å². The van der Waals surface area contributed by atoms with Gasteiger partial charge in [0, 0.05) is 18.0 Å². The molecule has 1 saturated carbocycles. The van der Waals surface area contributed by atoms with E-state index in [9.17, 15) is 4.79 Å². The second-order valence-corrected chi connectivity index (χ2v) is 6.93. The predicted molar refractivity (Wildman–Crippen MR) is 82.0 cm³/mol. The molecule has 1 aromatic rings. The Morgan fingerprint density at radius 2 is 1.95 bits per heavy atom. The van der Waals surface area contributed by atoms with Gasteiger partial charge in [-0.25, -0.2) is 0 Å². The minimum Gasteiger partial charge on any atom is -0.487 e. The Balaban J connectivity index is 2.06. The van der Waals surface area contributed by atoms with Crippen molar-refractivity contribution in [3.63, 3.8) is 0 Å². The van der Waals surface area contributed by atoms with Gasteiger partial charge in [-0.05, 0) is 32.8 Å². The van der Waals surface area contributed by atoms with Crippen molar-refractivity contribution in [2.45, 2.75) is 63.1 Å². The first-order valence-electron chi connectivity index (χ1n) is 7.79. The molecule has 21 heavy (non-hydrogen) atoms. The highest BCUT2D eigenvalue weighted by molar-refractivity contribution is 5.87. The number of benzene rings is 1. The molecule has 1 heterocycles. The molecule has 0 aromatic heterocycles. The molecule has 2 aliphatic rings. The number of carbonyl (C=O) groups is 1. The van der Waals surface area contributed by atoms with Crippen molar-refractivity contribution in [1.29, 1.82) is 0 Å². The van der Waals surface area contributed by atoms with Crippen molar-refractivity contribution >= 4 is 5.91 Å². The van der Waals surface area contributed by atoms with Crippen molar-refractivity contribution in [3.05, 3.63) is 29.8 Å². The van der Waals surface area contributed by atoms with Gasteiger partial charge in [0.2, 0.25) is 5.91 Å². The first-order chi connectivity index (χ1) is 9.93. The standard InChI is InChI=1S/C17H24N2O2/c1-16(2)11-17(15(18)20,19-12-7-3-4-8-12)13-9-5-6-10-14(13)21-16/h5-6,9-10,12,19H,3-4,7-8,11H2,1-2H3,(H2,18,20). The average Bonchev–Trinajstić information content (AvgIpc) is 2.89. The van der Waals surface area contributed by atoms with Crippen molar-refractivity contribution in [2.24, 2.45) is 5.73 Å². The molecule has 0 spiro atoms. The number of hydrogen-bond donors (Lipinski definition) is 2. The Labute approximate surface area is 126 Å². The van der Waals surface area contributed by atoms with Crippen LogP contribution in [0.3, 0.4) is 0 Å². The highest BCUT2D eigenvalue weighted by atomic mass is 16.5. The fourth-order valence-electron chi connectivity index (χ4n) is 3.81. The van der Waals surface area contributed by atoms with Crippen LogP contribution in [0.4, 0.5) is 0 Å². The number of ether oxygens (including phenoxy) is 1. The third kappa shape index (κ3) is 2.53. The minimum absolute atomic E-state index is 0.307. The van der Waals surface area contributed by atoms with Crippen molar-refractivity contribution < 1.29 is 9.53 Å². The van der Waals surface area contributed by atoms with Gasteiger partial charge in [-0.1, -0.05) is 31.0 Å². The highest BCUT2D eigenvalue weighted by Crippen LogP contribution is 2.44. The first-order valence-corrected chi connectivity index (χ1v) is 7.79. The molecular formula is C17H24N2O2. The van der Waals surface area contributed by atoms with Crippen LogP contribution in [0, 0.1) is 0 Å². The van der Waals surface area contributed by atoms with Gasteiger partial charge in [0.05, 0.1) is 0 Å². The number of hydrogen-bond acceptors (Lipinski definition) is 3. The molecule has 1 fully saturated rings. The lowest BCUT2D eigenvalue weighted by Crippen LogP contribution is -2.61. The smallest absolute Gasteiger partial charge is 0.242 e. The molecule has 4 nitrogen and oxygen atoms in total. The predicted octanol–water partition coefficient (Wildman–Crippen LogP) is 2.46. The highest BCUT2D eigenvalue weighted by Gasteiger charge is 2.50. The molecule has 1 aliphatic heterocycles. The minimum atomic E-state index is -0.826. The molecule has 1 unspecified atom stereocenters. The normalized spacial score (nSPS) is 27.9. The zero-order valence-electron chi connectivity index (χ0n) is 12.8. The molecular weight excluding hydrogens is 264 g/mol. The van der Waals surface area contributed by atoms with Crippen LogP contribution in [0.5, 0.6) is 5.75 Å². The second-order valence-electron chi connectivity index (χ2n) is 6.93. The van der Waals surface area contributed by atoms with Crippen LogP contribution in [-0.2, 0) is 10.3 Å². The topological polar surface area (TPSA) is 64.3 Å². The summed E-state index contributed by atoms with van der Waals surface area (Å²) in [6.45, 7) is 4.02. The number of nitrogens with one attached hydrogen (secondary N) is 1. The summed E-state index contributed by atoms with van der Waals surface area (Å²) < 4.78 is 6.04. The molecule has 3 N–H and O–H groups in total. The summed E-state index contributed by atoms with van der Waals surface area (Å²) >= 11 is 0. The number of rotatable bonds is 3. The Hall–Kier alpha value is -1.55. The van der Waals surface area contributed by atoms with Gasteiger partial charge < -0.3 is 10.5 Å². The van der Waals surface area contributed by atoms with Crippen LogP contribution in [0.2, 0.25) is 0 Å². The van der Waals surface area contributed by atoms with E-state index in [1.54, 1.807) is 0 Å². The number of nitrogens with two attached hydrogens (primary N) is 1. The van der Waals surface area contributed by atoms with Crippen LogP contribution < -0.4 is 15.8 Å². The molecule has 0 bridgehead atoms. The Kier molecular flexibility index (Phi) is 3.44. The molecule has 3 rings (SSSR count). The largest absolute Gasteiger partial charge is 0.487 e. The van der Waals surface area contributed by atoms with E-state index >= 15 is 0 Å². The van der Waals surface area contributed by atoms with Gasteiger partial charge >= 0.3 is 0 Å². The molecule has 1 amide bonds. The number of amides is 1. The van der Waals surface area contributed by atoms with Gasteiger partial charge in [-0.15, -0.1) is 0 Å². The molecule has 114 valence electrons. The van der Waals surface area contributed by atoms with E-state index in [0.717, 1.165) is 24.2 Å². The quantitative estimate of drug-likeness (QED) is 0.898. The lowest BCUT2D eigenvalue weighted by Gasteiger charge is -2.45. The van der Waals surface area contributed by atoms with E-state index in [1.165, 1.54) is 12.8 Å². The maximum absolute atomic E-state index is 12.4. The summed E-state index contributed by atoms with van der Waals surface area (Å²) in [7, 11) is 0. The average molecular weight is 288 g/mol. The lowest BCUT2D eigenvalue weighted by atomic mass is 9.76. The number of carbonyl (C=O) groups excluding carboxylic acids is 1. The summed E-state index contributed by atoms with van der Waals surface area (Å²) in [5, 5.41) is 3.59. The zero-order valence-corrected chi connectivity index (χ0v) is 12.8. The second kappa shape index (κ2) is 5.02. The Morgan fingerprint density at radius 3 is 2.62 bits per heavy atom. The summed E-state index contributed by atoms with van der Waals surface area (Å²) in [4.78, 5) is 12.4. The molecule has 1 atom stereocenters. The van der Waals surface area contributed by atoms with Gasteiger partial charge in [0.25, 0.3) is 0 Å². The van der Waals surface area contributed by atoms with E-state index < -0.39 is 11.1 Å². The van der Waals surface area contributed by atoms with Crippen LogP contribution in [0.25, 0.3) is 0 Å². The van der Waals surface area contributed by atoms with Crippen molar-refractivity contribution in [3.8, 4) is 5.75 Å². The van der Waals surface area contributed by atoms with Crippen molar-refractivity contribution in [2.75, 3.05) is 0 Å². The summed E-state index contributed by atoms with van der Waals surface area (Å²) in [5.74, 6) is 0.455. The van der Waals surface area contributed by atoms with Gasteiger partial charge in [-0.2, -0.15) is 0 Å². The maximum atomic E-state index is 12.4. The molecule has 0 radical (unpaired) electrons. The fourth-order valence-corrected chi connectivity index (χ4v) is 3.81. The number of primary amides is 1. The first kappa shape index (κ1) is 14.4. The number of para-hydroxylation sites is 1. The molecule has 4 heteroatoms. The summed E-state index contributed by atoms with van der Waals surface area (Å²) in [5.41, 5.74) is 5.49. The molecule has 0 saturated heterocycles. The maximum Gasteiger partial charge on any atom is 0.242 e. The van der Waals surface area contributed by atoms with E-state index in [2.05, 4.69) is 5.32 Å². The van der Waals surface area contributed by atoms with E-state index in [1.807, 2.05) is 38.1 Å². The van der Waals surface area contributed by atoms with Crippen molar-refractivity contribution in [1.82, 2.24) is 5.32 Å². The summed E-state index contributed by atoms with van der Waals surface area (Å²) in [6.07, 6.45) is 5.21. The van der Waals surface area contributed by atoms with Gasteiger partial charge in [0.1, 0.15) is 16.9 Å². The third-order valence-corrected chi connectivity index (χ3v) is 4.65. The molecule has 1 aliphatic carbocycles. The lowest BCUT2D eigenvalue weighted by molar-refractivity contribution is -0.129. The molecule has 1 aromatic carbocycles. The monoisotopic (exact) mass is 288 g/mol. The van der Waals surface area contributed by atoms with Crippen LogP contribution in [-0.4, -0.2) is 17.6 Å². The van der Waals surface area contributed by atoms with Crippen LogP contribution >= 0.6 is 0 Å². The SMILES string of the molecule is CC1(C)CC(NC2CCCC2)(C(N)=O)c2ccccc2O1.